The first-order valence-corrected chi connectivity index (χ1v) is 4.66. The van der Waals surface area contributed by atoms with E-state index in [1.807, 2.05) is 19.1 Å². The molecule has 1 aromatic carbocycles. The third-order valence-electron chi connectivity index (χ3n) is 1.90. The standard InChI is InChI=1S/C10H10ClNO2/c1-8(5-6-11)9-3-2-4-10(7-9)12(13)14/h2-5,7H,6H2,1H3. The van der Waals surface area contributed by atoms with Gasteiger partial charge in [-0.2, -0.15) is 0 Å². The molecule has 0 heterocycles. The predicted octanol–water partition coefficient (Wildman–Crippen LogP) is 3.24. The van der Waals surface area contributed by atoms with E-state index in [0.29, 0.717) is 5.88 Å². The highest BCUT2D eigenvalue weighted by molar-refractivity contribution is 6.19. The number of hydrogen-bond acceptors (Lipinski definition) is 2. The number of hydrogen-bond donors (Lipinski definition) is 0. The number of non-ortho nitro benzene ring substituents is 1. The molecule has 0 radical (unpaired) electrons. The molecule has 14 heavy (non-hydrogen) atoms. The van der Waals surface area contributed by atoms with Crippen LogP contribution in [0.1, 0.15) is 12.5 Å². The van der Waals surface area contributed by atoms with Crippen LogP contribution < -0.4 is 0 Å². The van der Waals surface area contributed by atoms with Crippen LogP contribution >= 0.6 is 11.6 Å². The molecule has 0 N–H and O–H groups in total. The lowest BCUT2D eigenvalue weighted by atomic mass is 10.1. The van der Waals surface area contributed by atoms with Gasteiger partial charge in [0.1, 0.15) is 0 Å². The van der Waals surface area contributed by atoms with E-state index in [1.54, 1.807) is 12.1 Å². The Bertz CT molecular complexity index is 374. The summed E-state index contributed by atoms with van der Waals surface area (Å²) < 4.78 is 0. The molecule has 0 saturated heterocycles. The molecule has 0 aromatic heterocycles. The van der Waals surface area contributed by atoms with Crippen LogP contribution in [0.15, 0.2) is 30.3 Å². The average molecular weight is 212 g/mol. The van der Waals surface area contributed by atoms with E-state index in [9.17, 15) is 10.1 Å². The van der Waals surface area contributed by atoms with E-state index < -0.39 is 4.92 Å². The molecule has 0 unspecified atom stereocenters. The van der Waals surface area contributed by atoms with Crippen molar-refractivity contribution >= 4 is 22.9 Å². The number of halogens is 1. The molecule has 0 fully saturated rings. The summed E-state index contributed by atoms with van der Waals surface area (Å²) in [6, 6.07) is 6.50. The summed E-state index contributed by atoms with van der Waals surface area (Å²) in [6.07, 6.45) is 1.82. The summed E-state index contributed by atoms with van der Waals surface area (Å²) in [5.74, 6) is 0.411. The van der Waals surface area contributed by atoms with Crippen molar-refractivity contribution in [2.45, 2.75) is 6.92 Å². The van der Waals surface area contributed by atoms with Crippen LogP contribution in [0.5, 0.6) is 0 Å². The van der Waals surface area contributed by atoms with Crippen molar-refractivity contribution in [1.29, 1.82) is 0 Å². The van der Waals surface area contributed by atoms with Crippen molar-refractivity contribution in [3.63, 3.8) is 0 Å². The quantitative estimate of drug-likeness (QED) is 0.438. The Kier molecular flexibility index (Phi) is 3.65. The van der Waals surface area contributed by atoms with Crippen LogP contribution in [0.25, 0.3) is 5.57 Å². The molecule has 0 aliphatic heterocycles. The monoisotopic (exact) mass is 211 g/mol. The number of benzene rings is 1. The van der Waals surface area contributed by atoms with Gasteiger partial charge in [-0.05, 0) is 18.1 Å². The van der Waals surface area contributed by atoms with Gasteiger partial charge in [-0.15, -0.1) is 11.6 Å². The molecule has 0 aliphatic rings. The molecule has 1 aromatic rings. The van der Waals surface area contributed by atoms with Crippen molar-refractivity contribution in [3.05, 3.63) is 46.0 Å². The number of nitro benzene ring substituents is 1. The van der Waals surface area contributed by atoms with Gasteiger partial charge < -0.3 is 0 Å². The van der Waals surface area contributed by atoms with Gasteiger partial charge >= 0.3 is 0 Å². The molecule has 3 nitrogen and oxygen atoms in total. The fraction of sp³-hybridized carbons (Fsp3) is 0.200. The molecule has 74 valence electrons. The van der Waals surface area contributed by atoms with Crippen LogP contribution in [-0.2, 0) is 0 Å². The van der Waals surface area contributed by atoms with Gasteiger partial charge in [0.15, 0.2) is 0 Å². The maximum absolute atomic E-state index is 10.5. The summed E-state index contributed by atoms with van der Waals surface area (Å²) in [6.45, 7) is 1.88. The lowest BCUT2D eigenvalue weighted by molar-refractivity contribution is -0.384. The Morgan fingerprint density at radius 2 is 2.36 bits per heavy atom. The maximum atomic E-state index is 10.5. The molecule has 0 atom stereocenters. The number of rotatable bonds is 3. The van der Waals surface area contributed by atoms with E-state index >= 15 is 0 Å². The molecule has 4 heteroatoms. The second-order valence-electron chi connectivity index (χ2n) is 2.85. The number of nitrogens with zero attached hydrogens (tertiary/aromatic N) is 1. The van der Waals surface area contributed by atoms with Gasteiger partial charge in [0, 0.05) is 18.0 Å². The molecule has 0 spiro atoms. The van der Waals surface area contributed by atoms with E-state index in [1.165, 1.54) is 6.07 Å². The minimum Gasteiger partial charge on any atom is -0.258 e. The molecular formula is C10H10ClNO2. The second kappa shape index (κ2) is 4.77. The zero-order valence-electron chi connectivity index (χ0n) is 7.74. The summed E-state index contributed by atoms with van der Waals surface area (Å²) in [5.41, 5.74) is 1.88. The highest BCUT2D eigenvalue weighted by Crippen LogP contribution is 2.19. The van der Waals surface area contributed by atoms with Gasteiger partial charge in [-0.1, -0.05) is 18.2 Å². The van der Waals surface area contributed by atoms with Gasteiger partial charge in [-0.3, -0.25) is 10.1 Å². The fourth-order valence-corrected chi connectivity index (χ4v) is 1.33. The van der Waals surface area contributed by atoms with Crippen molar-refractivity contribution in [2.24, 2.45) is 0 Å². The molecule has 0 aliphatic carbocycles. The molecule has 0 bridgehead atoms. The van der Waals surface area contributed by atoms with Gasteiger partial charge in [0.05, 0.1) is 4.92 Å². The smallest absolute Gasteiger partial charge is 0.258 e. The largest absolute Gasteiger partial charge is 0.270 e. The highest BCUT2D eigenvalue weighted by Gasteiger charge is 2.05. The van der Waals surface area contributed by atoms with Crippen LogP contribution in [-0.4, -0.2) is 10.8 Å². The van der Waals surface area contributed by atoms with Gasteiger partial charge in [-0.25, -0.2) is 0 Å². The Hall–Kier alpha value is -1.35. The van der Waals surface area contributed by atoms with Crippen LogP contribution in [0.2, 0.25) is 0 Å². The van der Waals surface area contributed by atoms with E-state index in [0.717, 1.165) is 11.1 Å². The maximum Gasteiger partial charge on any atom is 0.270 e. The lowest BCUT2D eigenvalue weighted by Gasteiger charge is -2.00. The molecule has 0 amide bonds. The van der Waals surface area contributed by atoms with E-state index in [4.69, 9.17) is 11.6 Å². The Morgan fingerprint density at radius 3 is 2.93 bits per heavy atom. The SMILES string of the molecule is CC(=CCCl)c1cccc([N+](=O)[O-])c1. The third kappa shape index (κ3) is 2.57. The van der Waals surface area contributed by atoms with Crippen LogP contribution in [0.3, 0.4) is 0 Å². The van der Waals surface area contributed by atoms with E-state index in [-0.39, 0.29) is 5.69 Å². The summed E-state index contributed by atoms with van der Waals surface area (Å²) in [7, 11) is 0. The summed E-state index contributed by atoms with van der Waals surface area (Å²) in [5, 5.41) is 10.5. The lowest BCUT2D eigenvalue weighted by Crippen LogP contribution is -1.89. The van der Waals surface area contributed by atoms with Crippen molar-refractivity contribution in [3.8, 4) is 0 Å². The Morgan fingerprint density at radius 1 is 1.64 bits per heavy atom. The highest BCUT2D eigenvalue weighted by atomic mass is 35.5. The van der Waals surface area contributed by atoms with Crippen LogP contribution in [0.4, 0.5) is 5.69 Å². The predicted molar refractivity (Wildman–Crippen MR) is 57.5 cm³/mol. The Labute approximate surface area is 87.2 Å². The molecular weight excluding hydrogens is 202 g/mol. The first-order valence-electron chi connectivity index (χ1n) is 4.12. The van der Waals surface area contributed by atoms with Gasteiger partial charge in [0.25, 0.3) is 5.69 Å². The minimum absolute atomic E-state index is 0.102. The average Bonchev–Trinajstić information content (AvgIpc) is 2.18. The second-order valence-corrected chi connectivity index (χ2v) is 3.16. The summed E-state index contributed by atoms with van der Waals surface area (Å²) >= 11 is 5.54. The molecule has 1 rings (SSSR count). The number of nitro groups is 1. The van der Waals surface area contributed by atoms with Gasteiger partial charge in [0.2, 0.25) is 0 Å². The third-order valence-corrected chi connectivity index (χ3v) is 2.05. The normalized spacial score (nSPS) is 11.4. The first-order chi connectivity index (χ1) is 6.65. The van der Waals surface area contributed by atoms with Crippen molar-refractivity contribution in [1.82, 2.24) is 0 Å². The topological polar surface area (TPSA) is 43.1 Å². The first kappa shape index (κ1) is 10.7. The number of alkyl halides is 1. The van der Waals surface area contributed by atoms with E-state index in [2.05, 4.69) is 0 Å². The molecule has 0 saturated carbocycles. The zero-order chi connectivity index (χ0) is 10.6. The van der Waals surface area contributed by atoms with Crippen LogP contribution in [0, 0.1) is 10.1 Å². The number of allylic oxidation sites excluding steroid dienone is 2. The van der Waals surface area contributed by atoms with Crippen molar-refractivity contribution < 1.29 is 4.92 Å². The Balaban J connectivity index is 3.05. The zero-order valence-corrected chi connectivity index (χ0v) is 8.49. The fourth-order valence-electron chi connectivity index (χ4n) is 1.10. The summed E-state index contributed by atoms with van der Waals surface area (Å²) in [4.78, 5) is 10.1. The van der Waals surface area contributed by atoms with Crippen molar-refractivity contribution in [2.75, 3.05) is 5.88 Å². The minimum atomic E-state index is -0.405.